The van der Waals surface area contributed by atoms with Crippen LogP contribution in [-0.4, -0.2) is 55.7 Å². The van der Waals surface area contributed by atoms with E-state index in [4.69, 9.17) is 40.4 Å². The molecule has 2 heterocycles. The highest BCUT2D eigenvalue weighted by molar-refractivity contribution is 7.07. The average Bonchev–Trinajstić information content (AvgIpc) is 3.27. The third-order valence-electron chi connectivity index (χ3n) is 5.90. The van der Waals surface area contributed by atoms with Gasteiger partial charge in [0.15, 0.2) is 34.4 Å². The Balaban J connectivity index is 1.86. The van der Waals surface area contributed by atoms with Crippen LogP contribution in [0.25, 0.3) is 6.08 Å². The Bertz CT molecular complexity index is 1690. The van der Waals surface area contributed by atoms with Gasteiger partial charge in [-0.3, -0.25) is 9.36 Å². The van der Waals surface area contributed by atoms with E-state index in [0.717, 1.165) is 11.3 Å². The molecule has 1 aromatic heterocycles. The summed E-state index contributed by atoms with van der Waals surface area (Å²) < 4.78 is 28.8. The van der Waals surface area contributed by atoms with Crippen molar-refractivity contribution in [1.29, 1.82) is 0 Å². The maximum atomic E-state index is 13.8. The molecule has 3 aromatic rings. The summed E-state index contributed by atoms with van der Waals surface area (Å²) in [5, 5.41) is 9.04. The summed E-state index contributed by atoms with van der Waals surface area (Å²) in [6.07, 6.45) is 3.00. The summed E-state index contributed by atoms with van der Waals surface area (Å²) in [5.74, 6) is -0.527. The van der Waals surface area contributed by atoms with Gasteiger partial charge < -0.3 is 28.8 Å². The third kappa shape index (κ3) is 6.23. The first kappa shape index (κ1) is 29.7. The van der Waals surface area contributed by atoms with Crippen LogP contribution < -0.4 is 33.8 Å². The van der Waals surface area contributed by atoms with E-state index in [9.17, 15) is 14.4 Å². The smallest absolute Gasteiger partial charge is 0.341 e. The van der Waals surface area contributed by atoms with Gasteiger partial charge in [0.05, 0.1) is 48.6 Å². The molecule has 0 saturated carbocycles. The van der Waals surface area contributed by atoms with Gasteiger partial charge in [0.1, 0.15) is 0 Å². The molecule has 0 aliphatic carbocycles. The first-order chi connectivity index (χ1) is 19.7. The van der Waals surface area contributed by atoms with Crippen LogP contribution >= 0.6 is 22.9 Å². The van der Waals surface area contributed by atoms with Crippen molar-refractivity contribution < 1.29 is 38.4 Å². The number of ether oxygens (including phenoxy) is 5. The summed E-state index contributed by atoms with van der Waals surface area (Å²) in [6.45, 7) is 3.92. The number of aromatic nitrogens is 1. The van der Waals surface area contributed by atoms with Crippen molar-refractivity contribution >= 4 is 41.0 Å². The monoisotopic (exact) mass is 602 g/mol. The topological polar surface area (TPSA) is 135 Å². The number of thiazole rings is 1. The SMILES string of the molecule is CCOc1ccc([C@@H]2C(C(=O)OC)=CN=c3s/c(=C\c4cc(Cl)c(OCC(=O)O)c(OC)c4)c(=O)n32)cc1OCC. The number of methoxy groups -OCH3 is 2. The lowest BCUT2D eigenvalue weighted by atomic mass is 9.97. The molecular formula is C28H27ClN2O9S. The maximum absolute atomic E-state index is 13.8. The lowest BCUT2D eigenvalue weighted by molar-refractivity contribution is -0.139. The molecular weight excluding hydrogens is 576 g/mol. The number of hydrogen-bond donors (Lipinski definition) is 1. The van der Waals surface area contributed by atoms with Gasteiger partial charge in [0, 0.05) is 6.20 Å². The number of nitrogens with zero attached hydrogens (tertiary/aromatic N) is 2. The number of rotatable bonds is 11. The maximum Gasteiger partial charge on any atom is 0.341 e. The Morgan fingerprint density at radius 1 is 1.07 bits per heavy atom. The van der Waals surface area contributed by atoms with Gasteiger partial charge in [0.2, 0.25) is 0 Å². The number of carboxylic acids is 1. The summed E-state index contributed by atoms with van der Waals surface area (Å²) in [5.41, 5.74) is 0.869. The molecule has 0 radical (unpaired) electrons. The molecule has 13 heteroatoms. The Labute approximate surface area is 243 Å². The third-order valence-corrected chi connectivity index (χ3v) is 7.18. The van der Waals surface area contributed by atoms with Crippen molar-refractivity contribution in [3.05, 3.63) is 77.9 Å². The van der Waals surface area contributed by atoms with Gasteiger partial charge in [0.25, 0.3) is 5.56 Å². The summed E-state index contributed by atoms with van der Waals surface area (Å²) >= 11 is 7.48. The Morgan fingerprint density at radius 3 is 2.46 bits per heavy atom. The minimum absolute atomic E-state index is 0.0681. The van der Waals surface area contributed by atoms with Gasteiger partial charge in [-0.25, -0.2) is 14.6 Å². The van der Waals surface area contributed by atoms with Crippen LogP contribution in [0.5, 0.6) is 23.0 Å². The van der Waals surface area contributed by atoms with E-state index in [1.54, 1.807) is 30.3 Å². The molecule has 1 N–H and O–H groups in total. The van der Waals surface area contributed by atoms with Crippen molar-refractivity contribution in [1.82, 2.24) is 4.57 Å². The number of fused-ring (bicyclic) bond motifs is 1. The highest BCUT2D eigenvalue weighted by Crippen LogP contribution is 2.37. The predicted molar refractivity (Wildman–Crippen MR) is 151 cm³/mol. The zero-order valence-corrected chi connectivity index (χ0v) is 24.2. The first-order valence-electron chi connectivity index (χ1n) is 12.4. The van der Waals surface area contributed by atoms with Gasteiger partial charge in [-0.1, -0.05) is 29.0 Å². The number of carboxylic acid groups (broad SMARTS) is 1. The molecule has 1 aliphatic heterocycles. The van der Waals surface area contributed by atoms with Gasteiger partial charge in [-0.2, -0.15) is 0 Å². The minimum Gasteiger partial charge on any atom is -0.493 e. The molecule has 41 heavy (non-hydrogen) atoms. The second-order valence-corrected chi connectivity index (χ2v) is 9.88. The molecule has 11 nitrogen and oxygen atoms in total. The highest BCUT2D eigenvalue weighted by Gasteiger charge is 2.31. The van der Waals surface area contributed by atoms with Crippen LogP contribution in [0, 0.1) is 0 Å². The number of aliphatic carboxylic acids is 1. The second kappa shape index (κ2) is 12.9. The molecule has 0 bridgehead atoms. The van der Waals surface area contributed by atoms with Crippen LogP contribution in [0.2, 0.25) is 5.02 Å². The van der Waals surface area contributed by atoms with E-state index in [-0.39, 0.29) is 22.1 Å². The normalized spacial score (nSPS) is 14.4. The molecule has 0 fully saturated rings. The fourth-order valence-corrected chi connectivity index (χ4v) is 5.48. The minimum atomic E-state index is -1.17. The van der Waals surface area contributed by atoms with Crippen molar-refractivity contribution in [3.63, 3.8) is 0 Å². The largest absolute Gasteiger partial charge is 0.493 e. The zero-order chi connectivity index (χ0) is 29.7. The first-order valence-corrected chi connectivity index (χ1v) is 13.6. The number of benzene rings is 2. The number of halogens is 1. The number of esters is 1. The summed E-state index contributed by atoms with van der Waals surface area (Å²) in [6, 6.07) is 7.48. The van der Waals surface area contributed by atoms with E-state index < -0.39 is 30.1 Å². The standard InChI is InChI=1S/C28H27ClN2O9S/c1-5-38-19-8-7-16(12-20(19)39-6-2)24-17(27(35)37-4)13-30-28-31(24)26(34)22(41-28)11-15-9-18(29)25(21(10-15)36-3)40-14-23(32)33/h7-13,24H,5-6,14H2,1-4H3,(H,32,33)/b22-11-/t24-/m1/s1. The Morgan fingerprint density at radius 2 is 1.80 bits per heavy atom. The summed E-state index contributed by atoms with van der Waals surface area (Å²) in [7, 11) is 2.65. The average molecular weight is 603 g/mol. The zero-order valence-electron chi connectivity index (χ0n) is 22.6. The van der Waals surface area contributed by atoms with E-state index in [1.807, 2.05) is 13.8 Å². The Hall–Kier alpha value is -4.29. The molecule has 2 aromatic carbocycles. The fourth-order valence-electron chi connectivity index (χ4n) is 4.24. The molecule has 216 valence electrons. The lowest BCUT2D eigenvalue weighted by Crippen LogP contribution is -2.39. The number of carbonyl (C=O) groups is 2. The molecule has 0 saturated heterocycles. The van der Waals surface area contributed by atoms with Gasteiger partial charge in [-0.05, 0) is 55.3 Å². The van der Waals surface area contributed by atoms with Crippen LogP contribution in [0.3, 0.4) is 0 Å². The van der Waals surface area contributed by atoms with Crippen LogP contribution in [-0.2, 0) is 14.3 Å². The van der Waals surface area contributed by atoms with Gasteiger partial charge >= 0.3 is 11.9 Å². The van der Waals surface area contributed by atoms with Crippen molar-refractivity contribution in [2.45, 2.75) is 19.9 Å². The molecule has 0 spiro atoms. The molecule has 0 unspecified atom stereocenters. The quantitative estimate of drug-likeness (QED) is 0.329. The highest BCUT2D eigenvalue weighted by atomic mass is 35.5. The predicted octanol–water partition coefficient (Wildman–Crippen LogP) is 2.94. The van der Waals surface area contributed by atoms with Crippen LogP contribution in [0.4, 0.5) is 0 Å². The van der Waals surface area contributed by atoms with Gasteiger partial charge in [-0.15, -0.1) is 0 Å². The molecule has 1 aliphatic rings. The van der Waals surface area contributed by atoms with Crippen molar-refractivity contribution in [2.24, 2.45) is 4.99 Å². The van der Waals surface area contributed by atoms with Crippen molar-refractivity contribution in [3.8, 4) is 23.0 Å². The second-order valence-electron chi connectivity index (χ2n) is 8.46. The van der Waals surface area contributed by atoms with E-state index >= 15 is 0 Å². The van der Waals surface area contributed by atoms with E-state index in [2.05, 4.69) is 4.99 Å². The van der Waals surface area contributed by atoms with Crippen molar-refractivity contribution in [2.75, 3.05) is 34.0 Å². The number of hydrogen-bond acceptors (Lipinski definition) is 10. The van der Waals surface area contributed by atoms with E-state index in [0.29, 0.717) is 45.2 Å². The fraction of sp³-hybridized carbons (Fsp3) is 0.286. The van der Waals surface area contributed by atoms with Crippen LogP contribution in [0.15, 0.2) is 51.9 Å². The molecule has 0 amide bonds. The molecule has 1 atom stereocenters. The van der Waals surface area contributed by atoms with E-state index in [1.165, 1.54) is 31.1 Å². The lowest BCUT2D eigenvalue weighted by Gasteiger charge is -2.23. The summed E-state index contributed by atoms with van der Waals surface area (Å²) in [4.78, 5) is 42.3. The number of carbonyl (C=O) groups excluding carboxylic acids is 1. The molecule has 4 rings (SSSR count). The Kier molecular flexibility index (Phi) is 9.35. The van der Waals surface area contributed by atoms with Crippen LogP contribution in [0.1, 0.15) is 31.0 Å².